The summed E-state index contributed by atoms with van der Waals surface area (Å²) in [4.78, 5) is 28.7. The summed E-state index contributed by atoms with van der Waals surface area (Å²) in [5.74, 6) is -0.0324. The summed E-state index contributed by atoms with van der Waals surface area (Å²) in [7, 11) is 0. The maximum absolute atomic E-state index is 12.6. The molecule has 1 aromatic heterocycles. The van der Waals surface area contributed by atoms with Crippen LogP contribution in [0, 0.1) is 0 Å². The highest BCUT2D eigenvalue weighted by Gasteiger charge is 2.26. The van der Waals surface area contributed by atoms with Crippen LogP contribution in [0.5, 0.6) is 0 Å². The number of benzene rings is 1. The average molecular weight is 437 g/mol. The van der Waals surface area contributed by atoms with Gasteiger partial charge in [-0.15, -0.1) is 0 Å². The van der Waals surface area contributed by atoms with Crippen molar-refractivity contribution >= 4 is 35.2 Å². The van der Waals surface area contributed by atoms with Crippen LogP contribution in [-0.4, -0.2) is 51.2 Å². The van der Waals surface area contributed by atoms with Crippen LogP contribution >= 0.6 is 23.2 Å². The predicted octanol–water partition coefficient (Wildman–Crippen LogP) is 3.97. The molecule has 9 heteroatoms. The molecule has 0 unspecified atom stereocenters. The number of nitrogens with zero attached hydrogens (tertiary/aromatic N) is 4. The van der Waals surface area contributed by atoms with Crippen molar-refractivity contribution in [2.75, 3.05) is 19.6 Å². The highest BCUT2D eigenvalue weighted by atomic mass is 35.5. The summed E-state index contributed by atoms with van der Waals surface area (Å²) >= 11 is 12.0. The van der Waals surface area contributed by atoms with Crippen LogP contribution in [-0.2, 0) is 24.4 Å². The molecule has 0 spiro atoms. The minimum atomic E-state index is -0.414. The van der Waals surface area contributed by atoms with Gasteiger partial charge in [0.05, 0.1) is 12.2 Å². The molecule has 4 rings (SSSR count). The van der Waals surface area contributed by atoms with E-state index in [1.54, 1.807) is 29.2 Å². The van der Waals surface area contributed by atoms with Crippen LogP contribution in [0.4, 0.5) is 4.79 Å². The number of carbonyl (C=O) groups is 2. The van der Waals surface area contributed by atoms with E-state index in [4.69, 9.17) is 27.9 Å². The van der Waals surface area contributed by atoms with E-state index in [1.807, 2.05) is 9.58 Å². The Morgan fingerprint density at radius 2 is 1.62 bits per heavy atom. The van der Waals surface area contributed by atoms with Gasteiger partial charge >= 0.3 is 6.09 Å². The number of hydrogen-bond donors (Lipinski definition) is 0. The number of rotatable bonds is 3. The fourth-order valence-electron chi connectivity index (χ4n) is 3.74. The second kappa shape index (κ2) is 8.63. The molecule has 154 valence electrons. The van der Waals surface area contributed by atoms with Crippen molar-refractivity contribution in [3.8, 4) is 0 Å². The number of fused-ring (bicyclic) bond motifs is 1. The van der Waals surface area contributed by atoms with Gasteiger partial charge in [0.1, 0.15) is 6.61 Å². The molecule has 1 saturated heterocycles. The molecule has 7 nitrogen and oxygen atoms in total. The van der Waals surface area contributed by atoms with Gasteiger partial charge < -0.3 is 14.5 Å². The molecule has 1 aromatic carbocycles. The van der Waals surface area contributed by atoms with Gasteiger partial charge in [0.15, 0.2) is 5.69 Å². The molecule has 0 saturated carbocycles. The van der Waals surface area contributed by atoms with E-state index in [1.165, 1.54) is 0 Å². The monoisotopic (exact) mass is 436 g/mol. The average Bonchev–Trinajstić information content (AvgIpc) is 3.31. The molecule has 2 aromatic rings. The Balaban J connectivity index is 1.41. The van der Waals surface area contributed by atoms with Crippen LogP contribution in [0.3, 0.4) is 0 Å². The van der Waals surface area contributed by atoms with E-state index in [0.717, 1.165) is 43.6 Å². The fraction of sp³-hybridized carbons (Fsp3) is 0.450. The summed E-state index contributed by atoms with van der Waals surface area (Å²) in [6.07, 6.45) is 2.40. The summed E-state index contributed by atoms with van der Waals surface area (Å²) < 4.78 is 7.28. The SMILES string of the molecule is O=C(OCc1cc(Cl)cc(Cl)c1)N1CCCn2nc(C(=O)N3CCCC3)cc2C1. The van der Waals surface area contributed by atoms with Crippen molar-refractivity contribution in [1.29, 1.82) is 0 Å². The minimum absolute atomic E-state index is 0.0324. The van der Waals surface area contributed by atoms with Gasteiger partial charge in [-0.1, -0.05) is 23.2 Å². The topological polar surface area (TPSA) is 67.7 Å². The number of amides is 2. The van der Waals surface area contributed by atoms with E-state index >= 15 is 0 Å². The second-order valence-corrected chi connectivity index (χ2v) is 8.22. The normalized spacial score (nSPS) is 16.5. The van der Waals surface area contributed by atoms with Crippen molar-refractivity contribution in [3.05, 3.63) is 51.3 Å². The third-order valence-corrected chi connectivity index (χ3v) is 5.61. The van der Waals surface area contributed by atoms with E-state index in [0.29, 0.717) is 35.4 Å². The Morgan fingerprint density at radius 1 is 0.931 bits per heavy atom. The Bertz CT molecular complexity index is 904. The van der Waals surface area contributed by atoms with E-state index in [-0.39, 0.29) is 12.5 Å². The molecule has 0 atom stereocenters. The summed E-state index contributed by atoms with van der Waals surface area (Å²) in [5.41, 5.74) is 2.02. The third-order valence-electron chi connectivity index (χ3n) is 5.17. The minimum Gasteiger partial charge on any atom is -0.445 e. The molecule has 0 bridgehead atoms. The highest BCUT2D eigenvalue weighted by Crippen LogP contribution is 2.21. The summed E-state index contributed by atoms with van der Waals surface area (Å²) in [5, 5.41) is 5.47. The first-order chi connectivity index (χ1) is 14.0. The number of halogens is 2. The lowest BCUT2D eigenvalue weighted by Gasteiger charge is -2.19. The zero-order chi connectivity index (χ0) is 20.4. The van der Waals surface area contributed by atoms with Crippen molar-refractivity contribution in [3.63, 3.8) is 0 Å². The first-order valence-corrected chi connectivity index (χ1v) is 10.5. The van der Waals surface area contributed by atoms with Crippen LogP contribution in [0.15, 0.2) is 24.3 Å². The molecule has 0 radical (unpaired) electrons. The van der Waals surface area contributed by atoms with E-state index < -0.39 is 6.09 Å². The quantitative estimate of drug-likeness (QED) is 0.729. The maximum atomic E-state index is 12.6. The molecule has 2 aliphatic rings. The molecule has 1 fully saturated rings. The van der Waals surface area contributed by atoms with Gasteiger partial charge in [-0.05, 0) is 49.1 Å². The molecular formula is C20H22Cl2N4O3. The lowest BCUT2D eigenvalue weighted by atomic mass is 10.2. The highest BCUT2D eigenvalue weighted by molar-refractivity contribution is 6.34. The molecule has 29 heavy (non-hydrogen) atoms. The van der Waals surface area contributed by atoms with Crippen molar-refractivity contribution in [1.82, 2.24) is 19.6 Å². The van der Waals surface area contributed by atoms with Crippen molar-refractivity contribution < 1.29 is 14.3 Å². The number of ether oxygens (including phenoxy) is 1. The van der Waals surface area contributed by atoms with Gasteiger partial charge in [0, 0.05) is 36.2 Å². The predicted molar refractivity (Wildman–Crippen MR) is 109 cm³/mol. The van der Waals surface area contributed by atoms with Crippen LogP contribution in [0.1, 0.15) is 41.0 Å². The van der Waals surface area contributed by atoms with Gasteiger partial charge in [-0.3, -0.25) is 9.48 Å². The first kappa shape index (κ1) is 20.0. The Hall–Kier alpha value is -2.25. The number of aryl methyl sites for hydroxylation is 1. The van der Waals surface area contributed by atoms with Crippen LogP contribution in [0.2, 0.25) is 10.0 Å². The third kappa shape index (κ3) is 4.67. The van der Waals surface area contributed by atoms with Gasteiger partial charge in [-0.25, -0.2) is 4.79 Å². The zero-order valence-corrected chi connectivity index (χ0v) is 17.5. The lowest BCUT2D eigenvalue weighted by molar-refractivity contribution is 0.0786. The largest absolute Gasteiger partial charge is 0.445 e. The zero-order valence-electron chi connectivity index (χ0n) is 15.9. The number of aromatic nitrogens is 2. The van der Waals surface area contributed by atoms with Gasteiger partial charge in [0.25, 0.3) is 5.91 Å². The molecule has 3 heterocycles. The maximum Gasteiger partial charge on any atom is 0.410 e. The number of likely N-dealkylation sites (tertiary alicyclic amines) is 1. The molecule has 2 aliphatic heterocycles. The number of hydrogen-bond acceptors (Lipinski definition) is 4. The fourth-order valence-corrected chi connectivity index (χ4v) is 4.31. The van der Waals surface area contributed by atoms with Gasteiger partial charge in [-0.2, -0.15) is 5.10 Å². The summed E-state index contributed by atoms with van der Waals surface area (Å²) in [6, 6.07) is 6.86. The Morgan fingerprint density at radius 3 is 2.34 bits per heavy atom. The molecular weight excluding hydrogens is 415 g/mol. The van der Waals surface area contributed by atoms with Crippen molar-refractivity contribution in [2.45, 2.75) is 39.0 Å². The summed E-state index contributed by atoms with van der Waals surface area (Å²) in [6.45, 7) is 3.24. The van der Waals surface area contributed by atoms with Crippen molar-refractivity contribution in [2.24, 2.45) is 0 Å². The lowest BCUT2D eigenvalue weighted by Crippen LogP contribution is -2.31. The van der Waals surface area contributed by atoms with Gasteiger partial charge in [0.2, 0.25) is 0 Å². The molecule has 2 amide bonds. The van der Waals surface area contributed by atoms with E-state index in [2.05, 4.69) is 5.10 Å². The van der Waals surface area contributed by atoms with Crippen LogP contribution < -0.4 is 0 Å². The molecule has 0 N–H and O–H groups in total. The Labute approximate surface area is 179 Å². The smallest absolute Gasteiger partial charge is 0.410 e. The number of carbonyl (C=O) groups excluding carboxylic acids is 2. The van der Waals surface area contributed by atoms with E-state index in [9.17, 15) is 9.59 Å². The molecule has 0 aliphatic carbocycles. The first-order valence-electron chi connectivity index (χ1n) is 9.72. The standard InChI is InChI=1S/C20H22Cl2N4O3/c21-15-8-14(9-16(22)10-15)13-29-20(28)25-6-3-7-26-17(12-25)11-18(23-26)19(27)24-4-1-2-5-24/h8-11H,1-7,12-13H2. The second-order valence-electron chi connectivity index (χ2n) is 7.35. The van der Waals surface area contributed by atoms with Crippen LogP contribution in [0.25, 0.3) is 0 Å². The Kier molecular flexibility index (Phi) is 5.96.